The summed E-state index contributed by atoms with van der Waals surface area (Å²) in [7, 11) is 3.10. The molecule has 13 nitrogen and oxygen atoms in total. The van der Waals surface area contributed by atoms with Crippen molar-refractivity contribution in [1.82, 2.24) is 15.1 Å². The van der Waals surface area contributed by atoms with Gasteiger partial charge in [-0.3, -0.25) is 19.6 Å². The first-order valence-electron chi connectivity index (χ1n) is 20.2. The summed E-state index contributed by atoms with van der Waals surface area (Å²) in [6.07, 6.45) is 10.9. The molecule has 4 heterocycles. The van der Waals surface area contributed by atoms with Crippen LogP contribution in [0.1, 0.15) is 86.8 Å². The number of nitrogens with one attached hydrogen (secondary N) is 1. The number of amides is 2. The van der Waals surface area contributed by atoms with E-state index in [4.69, 9.17) is 23.9 Å². The lowest BCUT2D eigenvalue weighted by Crippen LogP contribution is -2.32. The topological polar surface area (TPSA) is 152 Å². The molecule has 0 aromatic heterocycles. The van der Waals surface area contributed by atoms with Gasteiger partial charge in [0.1, 0.15) is 0 Å². The van der Waals surface area contributed by atoms with Gasteiger partial charge >= 0.3 is 5.97 Å². The van der Waals surface area contributed by atoms with Gasteiger partial charge in [-0.15, -0.1) is 0 Å². The van der Waals surface area contributed by atoms with Crippen molar-refractivity contribution < 1.29 is 38.4 Å². The van der Waals surface area contributed by atoms with Crippen LogP contribution in [-0.4, -0.2) is 91.2 Å². The van der Waals surface area contributed by atoms with Crippen molar-refractivity contribution in [2.75, 3.05) is 34.0 Å². The van der Waals surface area contributed by atoms with Crippen LogP contribution in [0.5, 0.6) is 23.0 Å². The number of fused-ring (bicyclic) bond motifs is 4. The molecular formula is C47H47N5O8. The molecule has 8 rings (SSSR count). The molecule has 2 atom stereocenters. The molecular weight excluding hydrogens is 763 g/mol. The van der Waals surface area contributed by atoms with Crippen molar-refractivity contribution in [3.8, 4) is 23.0 Å². The Morgan fingerprint density at radius 3 is 1.63 bits per heavy atom. The third-order valence-corrected chi connectivity index (χ3v) is 11.1. The zero-order valence-corrected chi connectivity index (χ0v) is 33.9. The second-order valence-corrected chi connectivity index (χ2v) is 15.0. The summed E-state index contributed by atoms with van der Waals surface area (Å²) in [5, 5.41) is 12.6. The summed E-state index contributed by atoms with van der Waals surface area (Å²) >= 11 is 0. The van der Waals surface area contributed by atoms with Crippen molar-refractivity contribution in [3.05, 3.63) is 119 Å². The standard InChI is InChI=1S/C47H47N5O8/c1-4-48-24-29-8-10-30(11-9-29)33-18-35-25-49-39-22-43(41(57-2)20-37(39)45(53)51(35)27-33)59-16-6-5-7-17-60-44-23-40-38(21-42(44)58-3)46(54)52-28-34(19-36(52)26-50-40)31-12-14-32(15-13-31)47(55)56/h8-15,20-23,25-28,35-36,48H,4-7,16-19,24H2,1-3H3,(H,55,56)/t35?,36-/m0/s1. The van der Waals surface area contributed by atoms with E-state index in [9.17, 15) is 19.5 Å². The number of carboxylic acid groups (broad SMARTS) is 1. The summed E-state index contributed by atoms with van der Waals surface area (Å²) in [5.74, 6) is 0.614. The number of carbonyl (C=O) groups excluding carboxylic acids is 2. The normalized spacial score (nSPS) is 17.5. The first-order chi connectivity index (χ1) is 29.2. The number of unbranched alkanes of at least 4 members (excludes halogenated alkanes) is 2. The molecule has 0 aliphatic carbocycles. The summed E-state index contributed by atoms with van der Waals surface area (Å²) < 4.78 is 23.6. The van der Waals surface area contributed by atoms with Crippen LogP contribution in [0.2, 0.25) is 0 Å². The number of aliphatic imine (C=N–C) groups is 2. The first kappa shape index (κ1) is 40.1. The number of rotatable bonds is 16. The van der Waals surface area contributed by atoms with Crippen molar-refractivity contribution in [1.29, 1.82) is 0 Å². The maximum atomic E-state index is 13.8. The fourth-order valence-electron chi connectivity index (χ4n) is 7.82. The largest absolute Gasteiger partial charge is 0.493 e. The Morgan fingerprint density at radius 2 is 1.18 bits per heavy atom. The van der Waals surface area contributed by atoms with Gasteiger partial charge in [0.25, 0.3) is 11.8 Å². The first-order valence-corrected chi connectivity index (χ1v) is 20.2. The Balaban J connectivity index is 0.839. The lowest BCUT2D eigenvalue weighted by Gasteiger charge is -2.19. The summed E-state index contributed by atoms with van der Waals surface area (Å²) in [5.41, 5.74) is 7.31. The highest BCUT2D eigenvalue weighted by Crippen LogP contribution is 2.42. The molecule has 4 aliphatic heterocycles. The number of ether oxygens (including phenoxy) is 4. The van der Waals surface area contributed by atoms with Gasteiger partial charge in [0.05, 0.1) is 67.6 Å². The minimum Gasteiger partial charge on any atom is -0.493 e. The van der Waals surface area contributed by atoms with Gasteiger partial charge in [0.2, 0.25) is 0 Å². The third-order valence-electron chi connectivity index (χ3n) is 11.1. The average molecular weight is 810 g/mol. The van der Waals surface area contributed by atoms with Gasteiger partial charge in [-0.25, -0.2) is 4.79 Å². The molecule has 308 valence electrons. The highest BCUT2D eigenvalue weighted by molar-refractivity contribution is 6.06. The third kappa shape index (κ3) is 8.26. The van der Waals surface area contributed by atoms with Crippen LogP contribution in [0.4, 0.5) is 11.4 Å². The van der Waals surface area contributed by atoms with E-state index in [2.05, 4.69) is 41.5 Å². The zero-order chi connectivity index (χ0) is 41.8. The molecule has 13 heteroatoms. The lowest BCUT2D eigenvalue weighted by atomic mass is 10.0. The Hall–Kier alpha value is -6.73. The number of hydrogen-bond donors (Lipinski definition) is 2. The maximum absolute atomic E-state index is 13.8. The van der Waals surface area contributed by atoms with Gasteiger partial charge in [-0.1, -0.05) is 43.3 Å². The van der Waals surface area contributed by atoms with Crippen molar-refractivity contribution >= 4 is 52.7 Å². The second-order valence-electron chi connectivity index (χ2n) is 15.0. The smallest absolute Gasteiger partial charge is 0.335 e. The SMILES string of the molecule is CCNCc1ccc(C2=CN3C(=O)c4cc(OC)c(OCCCCCOc5cc6c(cc5OC)C(=O)N5C=C(c7ccc(C(=O)O)cc7)C[C@H]5C=N6)cc4N=CC3C2)cc1. The molecule has 0 spiro atoms. The van der Waals surface area contributed by atoms with Crippen LogP contribution in [0.25, 0.3) is 11.1 Å². The molecule has 4 aromatic rings. The molecule has 4 aliphatic rings. The summed E-state index contributed by atoms with van der Waals surface area (Å²) in [6, 6.07) is 21.6. The molecule has 0 saturated heterocycles. The van der Waals surface area contributed by atoms with Crippen molar-refractivity contribution in [2.24, 2.45) is 9.98 Å². The quantitative estimate of drug-likeness (QED) is 0.107. The minimum absolute atomic E-state index is 0.129. The van der Waals surface area contributed by atoms with E-state index in [1.807, 2.05) is 18.6 Å². The van der Waals surface area contributed by atoms with Gasteiger partial charge in [0, 0.05) is 56.3 Å². The Bertz CT molecular complexity index is 2420. The average Bonchev–Trinajstić information content (AvgIpc) is 3.85. The minimum atomic E-state index is -0.987. The predicted molar refractivity (Wildman–Crippen MR) is 229 cm³/mol. The number of nitrogens with zero attached hydrogens (tertiary/aromatic N) is 4. The molecule has 2 amide bonds. The zero-order valence-electron chi connectivity index (χ0n) is 33.9. The van der Waals surface area contributed by atoms with Gasteiger partial charge in [-0.2, -0.15) is 0 Å². The van der Waals surface area contributed by atoms with Crippen LogP contribution in [0.15, 0.2) is 95.2 Å². The highest BCUT2D eigenvalue weighted by Gasteiger charge is 2.35. The van der Waals surface area contributed by atoms with Crippen LogP contribution in [0.3, 0.4) is 0 Å². The lowest BCUT2D eigenvalue weighted by molar-refractivity contribution is 0.0695. The van der Waals surface area contributed by atoms with Crippen LogP contribution in [-0.2, 0) is 6.54 Å². The van der Waals surface area contributed by atoms with E-state index in [1.54, 1.807) is 71.7 Å². The van der Waals surface area contributed by atoms with E-state index in [-0.39, 0.29) is 29.5 Å². The molecule has 0 bridgehead atoms. The highest BCUT2D eigenvalue weighted by atomic mass is 16.5. The van der Waals surface area contributed by atoms with Gasteiger partial charge < -0.3 is 39.2 Å². The predicted octanol–water partition coefficient (Wildman–Crippen LogP) is 8.08. The van der Waals surface area contributed by atoms with Crippen LogP contribution >= 0.6 is 0 Å². The monoisotopic (exact) mass is 809 g/mol. The summed E-state index contributed by atoms with van der Waals surface area (Å²) in [6.45, 7) is 4.68. The van der Waals surface area contributed by atoms with Gasteiger partial charge in [-0.05, 0) is 77.9 Å². The second kappa shape index (κ2) is 17.6. The number of hydrogen-bond acceptors (Lipinski definition) is 10. The number of carboxylic acids is 1. The van der Waals surface area contributed by atoms with Gasteiger partial charge in [0.15, 0.2) is 23.0 Å². The summed E-state index contributed by atoms with van der Waals surface area (Å²) in [4.78, 5) is 51.6. The fraction of sp³-hybridized carbons (Fsp3) is 0.298. The molecule has 0 saturated carbocycles. The van der Waals surface area contributed by atoms with E-state index in [0.29, 0.717) is 71.6 Å². The molecule has 4 aromatic carbocycles. The fourth-order valence-corrected chi connectivity index (χ4v) is 7.82. The Morgan fingerprint density at radius 1 is 0.700 bits per heavy atom. The Kier molecular flexibility index (Phi) is 11.8. The molecule has 2 N–H and O–H groups in total. The van der Waals surface area contributed by atoms with Crippen molar-refractivity contribution in [3.63, 3.8) is 0 Å². The number of methoxy groups -OCH3 is 2. The van der Waals surface area contributed by atoms with E-state index in [0.717, 1.165) is 54.6 Å². The number of aromatic carboxylic acids is 1. The van der Waals surface area contributed by atoms with E-state index >= 15 is 0 Å². The van der Waals surface area contributed by atoms with Crippen LogP contribution in [0, 0.1) is 0 Å². The van der Waals surface area contributed by atoms with E-state index < -0.39 is 5.97 Å². The maximum Gasteiger partial charge on any atom is 0.335 e. The van der Waals surface area contributed by atoms with E-state index in [1.165, 1.54) is 12.7 Å². The Labute approximate surface area is 348 Å². The number of benzene rings is 4. The molecule has 60 heavy (non-hydrogen) atoms. The molecule has 0 fully saturated rings. The van der Waals surface area contributed by atoms with Crippen LogP contribution < -0.4 is 24.3 Å². The molecule has 0 radical (unpaired) electrons. The van der Waals surface area contributed by atoms with Crippen molar-refractivity contribution in [2.45, 2.75) is 57.7 Å². The molecule has 1 unspecified atom stereocenters. The number of carbonyl (C=O) groups is 3.